The fraction of sp³-hybridized carbons (Fsp3) is 0.333. The lowest BCUT2D eigenvalue weighted by atomic mass is 10.2. The lowest BCUT2D eigenvalue weighted by Crippen LogP contribution is -2.31. The van der Waals surface area contributed by atoms with E-state index in [2.05, 4.69) is 20.1 Å². The Hall–Kier alpha value is -2.12. The second-order valence-electron chi connectivity index (χ2n) is 2.50. The van der Waals surface area contributed by atoms with Gasteiger partial charge in [-0.2, -0.15) is 0 Å². The van der Waals surface area contributed by atoms with E-state index in [1.165, 1.54) is 13.8 Å². The summed E-state index contributed by atoms with van der Waals surface area (Å²) in [6.07, 6.45) is 0. The Kier molecular flexibility index (Phi) is 2.65. The first-order chi connectivity index (χ1) is 6.61. The number of aromatic nitrogens is 2. The minimum absolute atomic E-state index is 0.0132. The van der Waals surface area contributed by atoms with Gasteiger partial charge in [-0.25, -0.2) is 0 Å². The highest BCUT2D eigenvalue weighted by atomic mass is 16.8. The van der Waals surface area contributed by atoms with E-state index in [0.717, 1.165) is 0 Å². The van der Waals surface area contributed by atoms with Gasteiger partial charge >= 0.3 is 0 Å². The summed E-state index contributed by atoms with van der Waals surface area (Å²) in [5.41, 5.74) is 0.0289. The van der Waals surface area contributed by atoms with Gasteiger partial charge in [0, 0.05) is 5.16 Å². The Morgan fingerprint density at radius 2 is 1.93 bits per heavy atom. The van der Waals surface area contributed by atoms with Gasteiger partial charge in [0.25, 0.3) is 11.4 Å². The van der Waals surface area contributed by atoms with Crippen molar-refractivity contribution in [2.75, 3.05) is 0 Å². The maximum atomic E-state index is 11.0. The molecule has 0 aliphatic rings. The summed E-state index contributed by atoms with van der Waals surface area (Å²) < 4.78 is 4.27. The fourth-order valence-corrected chi connectivity index (χ4v) is 0.884. The molecule has 0 spiro atoms. The summed E-state index contributed by atoms with van der Waals surface area (Å²) in [4.78, 5) is 0.0685. The number of oxime groups is 2. The maximum Gasteiger partial charge on any atom is 0.274 e. The van der Waals surface area contributed by atoms with E-state index >= 15 is 0 Å². The molecular weight excluding hydrogens is 192 g/mol. The smallest absolute Gasteiger partial charge is 0.274 e. The van der Waals surface area contributed by atoms with Gasteiger partial charge in [0.05, 0.1) is 0 Å². The van der Waals surface area contributed by atoms with Crippen LogP contribution in [0, 0.1) is 5.21 Å². The molecule has 0 aliphatic heterocycles. The lowest BCUT2D eigenvalue weighted by molar-refractivity contribution is -0.803. The summed E-state index contributed by atoms with van der Waals surface area (Å²) in [5.74, 6) is 0. The van der Waals surface area contributed by atoms with Crippen LogP contribution in [0.4, 0.5) is 0 Å². The maximum absolute atomic E-state index is 11.0. The van der Waals surface area contributed by atoms with Gasteiger partial charge in [-0.15, -0.1) is 0 Å². The molecule has 1 heterocycles. The minimum atomic E-state index is -0.0946. The summed E-state index contributed by atoms with van der Waals surface area (Å²) in [6, 6.07) is 0. The van der Waals surface area contributed by atoms with Crippen LogP contribution in [0.1, 0.15) is 25.2 Å². The largest absolute Gasteiger partial charge is 0.411 e. The molecule has 2 N–H and O–H groups in total. The standard InChI is InChI=1S/C6H8N4O4/c1-3(7-11)5-6(4(2)8-12)10(13)14-9-5/h11-12H,1-2H3/b7-3+,8-4+. The van der Waals surface area contributed by atoms with Crippen LogP contribution in [-0.2, 0) is 0 Å². The summed E-state index contributed by atoms with van der Waals surface area (Å²) >= 11 is 0. The third kappa shape index (κ3) is 1.49. The van der Waals surface area contributed by atoms with Gasteiger partial charge in [-0.05, 0) is 18.8 Å². The molecule has 1 aromatic heterocycles. The van der Waals surface area contributed by atoms with E-state index in [4.69, 9.17) is 10.4 Å². The summed E-state index contributed by atoms with van der Waals surface area (Å²) in [7, 11) is 0. The topological polar surface area (TPSA) is 118 Å². The predicted octanol–water partition coefficient (Wildman–Crippen LogP) is -0.296. The average Bonchev–Trinajstić information content (AvgIpc) is 2.58. The molecule has 0 amide bonds. The van der Waals surface area contributed by atoms with Crippen molar-refractivity contribution >= 4 is 11.4 Å². The van der Waals surface area contributed by atoms with Gasteiger partial charge in [-0.1, -0.05) is 10.3 Å². The van der Waals surface area contributed by atoms with Crippen molar-refractivity contribution in [3.05, 3.63) is 16.6 Å². The van der Waals surface area contributed by atoms with E-state index < -0.39 is 0 Å². The van der Waals surface area contributed by atoms with Crippen LogP contribution in [0.2, 0.25) is 0 Å². The van der Waals surface area contributed by atoms with Crippen LogP contribution in [0.15, 0.2) is 14.9 Å². The highest BCUT2D eigenvalue weighted by Crippen LogP contribution is 2.04. The van der Waals surface area contributed by atoms with E-state index in [1.807, 2.05) is 0 Å². The third-order valence-electron chi connectivity index (χ3n) is 1.60. The third-order valence-corrected chi connectivity index (χ3v) is 1.60. The van der Waals surface area contributed by atoms with Crippen LogP contribution in [0.3, 0.4) is 0 Å². The molecule has 8 heteroatoms. The van der Waals surface area contributed by atoms with Gasteiger partial charge in [0.2, 0.25) is 0 Å². The first-order valence-corrected chi connectivity index (χ1v) is 3.59. The first kappa shape index (κ1) is 9.96. The number of nitrogens with zero attached hydrogens (tertiary/aromatic N) is 4. The molecule has 8 nitrogen and oxygen atoms in total. The summed E-state index contributed by atoms with van der Waals surface area (Å²) in [5, 5.41) is 37.0. The van der Waals surface area contributed by atoms with E-state index in [9.17, 15) is 5.21 Å². The zero-order chi connectivity index (χ0) is 10.7. The molecule has 1 rings (SSSR count). The van der Waals surface area contributed by atoms with E-state index in [0.29, 0.717) is 0 Å². The van der Waals surface area contributed by atoms with Gasteiger partial charge in [-0.3, -0.25) is 4.63 Å². The normalized spacial score (nSPS) is 13.3. The predicted molar refractivity (Wildman–Crippen MR) is 43.5 cm³/mol. The Morgan fingerprint density at radius 1 is 1.36 bits per heavy atom. The molecule has 0 saturated carbocycles. The quantitative estimate of drug-likeness (QED) is 0.294. The second-order valence-corrected chi connectivity index (χ2v) is 2.50. The van der Waals surface area contributed by atoms with Crippen molar-refractivity contribution in [3.63, 3.8) is 0 Å². The highest BCUT2D eigenvalue weighted by molar-refractivity contribution is 6.07. The second kappa shape index (κ2) is 3.73. The molecular formula is C6H8N4O4. The Bertz CT molecular complexity index is 395. The molecule has 0 saturated heterocycles. The van der Waals surface area contributed by atoms with Crippen molar-refractivity contribution in [2.24, 2.45) is 10.3 Å². The number of rotatable bonds is 2. The molecule has 0 fully saturated rings. The zero-order valence-electron chi connectivity index (χ0n) is 7.50. The minimum Gasteiger partial charge on any atom is -0.411 e. The molecule has 76 valence electrons. The lowest BCUT2D eigenvalue weighted by Gasteiger charge is -1.93. The zero-order valence-corrected chi connectivity index (χ0v) is 7.50. The van der Waals surface area contributed by atoms with Crippen molar-refractivity contribution < 1.29 is 19.9 Å². The molecule has 0 unspecified atom stereocenters. The van der Waals surface area contributed by atoms with Crippen molar-refractivity contribution in [1.29, 1.82) is 0 Å². The molecule has 0 aliphatic carbocycles. The van der Waals surface area contributed by atoms with E-state index in [1.54, 1.807) is 0 Å². The number of hydrogen-bond acceptors (Lipinski definition) is 7. The van der Waals surface area contributed by atoms with Gasteiger partial charge in [0.15, 0.2) is 0 Å². The molecule has 0 aromatic carbocycles. The van der Waals surface area contributed by atoms with Crippen LogP contribution in [-0.4, -0.2) is 27.0 Å². The first-order valence-electron chi connectivity index (χ1n) is 3.59. The Morgan fingerprint density at radius 3 is 2.43 bits per heavy atom. The van der Waals surface area contributed by atoms with Crippen LogP contribution < -0.4 is 4.90 Å². The molecule has 14 heavy (non-hydrogen) atoms. The van der Waals surface area contributed by atoms with Crippen LogP contribution >= 0.6 is 0 Å². The molecule has 1 aromatic rings. The average molecular weight is 200 g/mol. The number of hydrogen-bond donors (Lipinski definition) is 2. The summed E-state index contributed by atoms with van der Waals surface area (Å²) in [6.45, 7) is 2.81. The van der Waals surface area contributed by atoms with E-state index in [-0.39, 0.29) is 27.7 Å². The molecule has 0 bridgehead atoms. The van der Waals surface area contributed by atoms with Crippen molar-refractivity contribution in [1.82, 2.24) is 5.16 Å². The highest BCUT2D eigenvalue weighted by Gasteiger charge is 2.24. The van der Waals surface area contributed by atoms with Gasteiger partial charge < -0.3 is 15.6 Å². The van der Waals surface area contributed by atoms with Crippen molar-refractivity contribution in [3.8, 4) is 0 Å². The SMILES string of the molecule is C/C(=N\O)c1no[n+]([O-])c1/C(C)=N/O. The van der Waals surface area contributed by atoms with Crippen LogP contribution in [0.5, 0.6) is 0 Å². The Labute approximate surface area is 78.3 Å². The molecule has 0 atom stereocenters. The fourth-order valence-electron chi connectivity index (χ4n) is 0.884. The van der Waals surface area contributed by atoms with Crippen molar-refractivity contribution in [2.45, 2.75) is 13.8 Å². The Balaban J connectivity index is 3.33. The molecule has 0 radical (unpaired) electrons. The van der Waals surface area contributed by atoms with Crippen LogP contribution in [0.25, 0.3) is 0 Å². The monoisotopic (exact) mass is 200 g/mol. The van der Waals surface area contributed by atoms with Gasteiger partial charge in [0.1, 0.15) is 11.4 Å².